The standard InChI is InChI=1S/C19H19F5O/c1-11-2-3-14(10-25-11)12-4-6-13(7-5-12)15-8-16(20)18(17(21)9-15)19(22,23)24/h4-6,8-9,11,13-14H,2-3,7,10H2,1H3. The second-order valence-corrected chi connectivity index (χ2v) is 6.68. The van der Waals surface area contributed by atoms with Crippen molar-refractivity contribution in [3.8, 4) is 0 Å². The Kier molecular flexibility index (Phi) is 5.00. The highest BCUT2D eigenvalue weighted by Gasteiger charge is 2.38. The molecule has 0 saturated carbocycles. The maximum Gasteiger partial charge on any atom is 0.422 e. The fourth-order valence-electron chi connectivity index (χ4n) is 3.41. The summed E-state index contributed by atoms with van der Waals surface area (Å²) in [6.07, 6.45) is 3.40. The highest BCUT2D eigenvalue weighted by Crippen LogP contribution is 2.37. The van der Waals surface area contributed by atoms with Gasteiger partial charge in [-0.3, -0.25) is 0 Å². The predicted molar refractivity (Wildman–Crippen MR) is 84.1 cm³/mol. The molecule has 1 nitrogen and oxygen atoms in total. The molecule has 0 aromatic heterocycles. The quantitative estimate of drug-likeness (QED) is 0.610. The molecule has 1 fully saturated rings. The van der Waals surface area contributed by atoms with E-state index in [9.17, 15) is 22.0 Å². The van der Waals surface area contributed by atoms with Gasteiger partial charge in [0.1, 0.15) is 17.2 Å². The zero-order valence-corrected chi connectivity index (χ0v) is 13.7. The summed E-state index contributed by atoms with van der Waals surface area (Å²) in [7, 11) is 0. The number of halogens is 5. The molecule has 1 heterocycles. The highest BCUT2D eigenvalue weighted by molar-refractivity contribution is 5.37. The molecule has 3 atom stereocenters. The molecule has 136 valence electrons. The van der Waals surface area contributed by atoms with E-state index in [1.807, 2.05) is 19.1 Å². The molecule has 0 radical (unpaired) electrons. The van der Waals surface area contributed by atoms with Crippen molar-refractivity contribution in [3.05, 3.63) is 58.7 Å². The smallest absolute Gasteiger partial charge is 0.378 e. The topological polar surface area (TPSA) is 9.23 Å². The van der Waals surface area contributed by atoms with Crippen molar-refractivity contribution in [2.45, 2.75) is 44.4 Å². The Morgan fingerprint density at radius 2 is 1.76 bits per heavy atom. The minimum absolute atomic E-state index is 0.211. The molecule has 0 bridgehead atoms. The largest absolute Gasteiger partial charge is 0.422 e. The van der Waals surface area contributed by atoms with E-state index >= 15 is 0 Å². The minimum atomic E-state index is -5.04. The zero-order chi connectivity index (χ0) is 18.2. The van der Waals surface area contributed by atoms with Crippen LogP contribution < -0.4 is 0 Å². The van der Waals surface area contributed by atoms with Gasteiger partial charge in [-0.15, -0.1) is 0 Å². The molecule has 1 aliphatic carbocycles. The van der Waals surface area contributed by atoms with Gasteiger partial charge in [-0.05, 0) is 49.5 Å². The molecule has 3 rings (SSSR count). The van der Waals surface area contributed by atoms with Crippen molar-refractivity contribution < 1.29 is 26.7 Å². The number of rotatable bonds is 2. The third kappa shape index (κ3) is 3.94. The summed E-state index contributed by atoms with van der Waals surface area (Å²) in [5.74, 6) is -3.17. The van der Waals surface area contributed by atoms with Crippen LogP contribution in [0.4, 0.5) is 22.0 Å². The van der Waals surface area contributed by atoms with Gasteiger partial charge in [-0.2, -0.15) is 13.2 Å². The molecular formula is C19H19F5O. The van der Waals surface area contributed by atoms with Crippen LogP contribution in [0, 0.1) is 17.6 Å². The Labute approximate surface area is 143 Å². The van der Waals surface area contributed by atoms with Crippen LogP contribution in [0.15, 0.2) is 35.9 Å². The first-order valence-electron chi connectivity index (χ1n) is 8.31. The van der Waals surface area contributed by atoms with Crippen LogP contribution in [0.5, 0.6) is 0 Å². The van der Waals surface area contributed by atoms with E-state index in [1.54, 1.807) is 6.08 Å². The molecule has 3 unspecified atom stereocenters. The lowest BCUT2D eigenvalue weighted by atomic mass is 9.83. The first kappa shape index (κ1) is 18.1. The zero-order valence-electron chi connectivity index (χ0n) is 13.7. The molecule has 2 aliphatic rings. The van der Waals surface area contributed by atoms with Crippen molar-refractivity contribution in [1.82, 2.24) is 0 Å². The maximum atomic E-state index is 13.8. The average molecular weight is 358 g/mol. The Morgan fingerprint density at radius 1 is 1.08 bits per heavy atom. The lowest BCUT2D eigenvalue weighted by molar-refractivity contribution is -0.142. The summed E-state index contributed by atoms with van der Waals surface area (Å²) in [4.78, 5) is 0. The predicted octanol–water partition coefficient (Wildman–Crippen LogP) is 5.77. The normalized spacial score (nSPS) is 27.3. The molecule has 1 aromatic rings. The van der Waals surface area contributed by atoms with Gasteiger partial charge in [0.2, 0.25) is 0 Å². The lowest BCUT2D eigenvalue weighted by Crippen LogP contribution is -2.25. The fraction of sp³-hybridized carbons (Fsp3) is 0.474. The number of benzene rings is 1. The summed E-state index contributed by atoms with van der Waals surface area (Å²) in [6.45, 7) is 2.68. The van der Waals surface area contributed by atoms with Crippen LogP contribution in [0.3, 0.4) is 0 Å². The Hall–Kier alpha value is -1.69. The van der Waals surface area contributed by atoms with Crippen molar-refractivity contribution in [2.24, 2.45) is 5.92 Å². The van der Waals surface area contributed by atoms with Crippen molar-refractivity contribution in [1.29, 1.82) is 0 Å². The Balaban J connectivity index is 1.74. The second kappa shape index (κ2) is 6.90. The molecule has 25 heavy (non-hydrogen) atoms. The molecule has 1 aromatic carbocycles. The molecule has 1 saturated heterocycles. The van der Waals surface area contributed by atoms with Crippen LogP contribution in [0.25, 0.3) is 0 Å². The van der Waals surface area contributed by atoms with Crippen molar-refractivity contribution in [3.63, 3.8) is 0 Å². The summed E-state index contributed by atoms with van der Waals surface area (Å²) in [5.41, 5.74) is -0.500. The molecule has 0 amide bonds. The molecule has 0 N–H and O–H groups in total. The van der Waals surface area contributed by atoms with Gasteiger partial charge in [0.05, 0.1) is 12.7 Å². The maximum absolute atomic E-state index is 13.8. The van der Waals surface area contributed by atoms with Crippen LogP contribution in [-0.2, 0) is 10.9 Å². The van der Waals surface area contributed by atoms with E-state index in [-0.39, 0.29) is 17.6 Å². The van der Waals surface area contributed by atoms with Gasteiger partial charge in [0.15, 0.2) is 0 Å². The lowest BCUT2D eigenvalue weighted by Gasteiger charge is -2.29. The first-order chi connectivity index (χ1) is 11.8. The SMILES string of the molecule is CC1CCC(C2=CCC(c3cc(F)c(C(F)(F)F)c(F)c3)C=C2)CO1. The van der Waals surface area contributed by atoms with E-state index in [1.165, 1.54) is 0 Å². The Bertz CT molecular complexity index is 673. The molecule has 0 spiro atoms. The van der Waals surface area contributed by atoms with Gasteiger partial charge >= 0.3 is 6.18 Å². The van der Waals surface area contributed by atoms with E-state index in [4.69, 9.17) is 4.74 Å². The van der Waals surface area contributed by atoms with E-state index < -0.39 is 23.4 Å². The van der Waals surface area contributed by atoms with Crippen LogP contribution in [-0.4, -0.2) is 12.7 Å². The number of ether oxygens (including phenoxy) is 1. The first-order valence-corrected chi connectivity index (χ1v) is 8.31. The van der Waals surface area contributed by atoms with Gasteiger partial charge in [-0.1, -0.05) is 18.2 Å². The number of hydrogen-bond donors (Lipinski definition) is 0. The van der Waals surface area contributed by atoms with Crippen LogP contribution in [0.2, 0.25) is 0 Å². The average Bonchev–Trinajstić information content (AvgIpc) is 2.54. The van der Waals surface area contributed by atoms with E-state index in [0.29, 0.717) is 18.9 Å². The minimum Gasteiger partial charge on any atom is -0.378 e. The van der Waals surface area contributed by atoms with Gasteiger partial charge in [0, 0.05) is 11.8 Å². The van der Waals surface area contributed by atoms with Gasteiger partial charge in [0.25, 0.3) is 0 Å². The molecule has 6 heteroatoms. The van der Waals surface area contributed by atoms with E-state index in [2.05, 4.69) is 0 Å². The molecular weight excluding hydrogens is 339 g/mol. The van der Waals surface area contributed by atoms with Crippen LogP contribution in [0.1, 0.15) is 43.2 Å². The fourth-order valence-corrected chi connectivity index (χ4v) is 3.41. The Morgan fingerprint density at radius 3 is 2.24 bits per heavy atom. The van der Waals surface area contributed by atoms with Crippen LogP contribution >= 0.6 is 0 Å². The summed E-state index contributed by atoms with van der Waals surface area (Å²) < 4.78 is 71.1. The number of hydrogen-bond acceptors (Lipinski definition) is 1. The third-order valence-electron chi connectivity index (χ3n) is 4.88. The number of alkyl halides is 3. The van der Waals surface area contributed by atoms with E-state index in [0.717, 1.165) is 30.5 Å². The van der Waals surface area contributed by atoms with Gasteiger partial charge in [-0.25, -0.2) is 8.78 Å². The molecule has 1 aliphatic heterocycles. The highest BCUT2D eigenvalue weighted by atomic mass is 19.4. The van der Waals surface area contributed by atoms with Gasteiger partial charge < -0.3 is 4.74 Å². The van der Waals surface area contributed by atoms with Crippen molar-refractivity contribution >= 4 is 0 Å². The second-order valence-electron chi connectivity index (χ2n) is 6.68. The van der Waals surface area contributed by atoms with Crippen molar-refractivity contribution in [2.75, 3.05) is 6.61 Å². The summed E-state index contributed by atoms with van der Waals surface area (Å²) >= 11 is 0. The summed E-state index contributed by atoms with van der Waals surface area (Å²) in [6, 6.07) is 1.57. The monoisotopic (exact) mass is 358 g/mol. The third-order valence-corrected chi connectivity index (χ3v) is 4.88. The summed E-state index contributed by atoms with van der Waals surface area (Å²) in [5, 5.41) is 0. The number of allylic oxidation sites excluding steroid dienone is 3.